The normalized spacial score (nSPS) is 23.5. The highest BCUT2D eigenvalue weighted by atomic mass is 16.5. The van der Waals surface area contributed by atoms with Crippen molar-refractivity contribution in [3.05, 3.63) is 0 Å². The molecule has 0 bridgehead atoms. The smallest absolute Gasteiger partial charge is 0.0897 e. The lowest BCUT2D eigenvalue weighted by Gasteiger charge is -2.12. The molecular weight excluding hydrogens is 238 g/mol. The molecule has 0 aliphatic heterocycles. The van der Waals surface area contributed by atoms with Crippen LogP contribution >= 0.6 is 0 Å². The minimum atomic E-state index is -0.349. The molecule has 1 aliphatic rings. The van der Waals surface area contributed by atoms with E-state index in [1.807, 2.05) is 0 Å². The van der Waals surface area contributed by atoms with Gasteiger partial charge in [0.15, 0.2) is 0 Å². The predicted molar refractivity (Wildman–Crippen MR) is 80.4 cm³/mol. The van der Waals surface area contributed by atoms with Crippen LogP contribution in [0.25, 0.3) is 0 Å². The maximum Gasteiger partial charge on any atom is 0.0897 e. The van der Waals surface area contributed by atoms with Gasteiger partial charge in [0.2, 0.25) is 0 Å². The third kappa shape index (κ3) is 8.61. The van der Waals surface area contributed by atoms with Gasteiger partial charge in [0.1, 0.15) is 0 Å². The Bertz CT molecular complexity index is 211. The third-order valence-electron chi connectivity index (χ3n) is 4.02. The molecule has 3 unspecified atom stereocenters. The van der Waals surface area contributed by atoms with Crippen molar-refractivity contribution in [2.24, 2.45) is 5.92 Å². The Labute approximate surface area is 119 Å². The van der Waals surface area contributed by atoms with Crippen molar-refractivity contribution in [3.8, 4) is 0 Å². The zero-order chi connectivity index (χ0) is 13.9. The molecular formula is C16H33NO2. The Balaban J connectivity index is 1.78. The lowest BCUT2D eigenvalue weighted by molar-refractivity contribution is 0.0351. The molecule has 0 aromatic rings. The Morgan fingerprint density at radius 2 is 1.89 bits per heavy atom. The van der Waals surface area contributed by atoms with Crippen molar-refractivity contribution in [1.29, 1.82) is 0 Å². The number of unbranched alkanes of at least 4 members (excludes halogenated alkanes) is 5. The maximum atomic E-state index is 9.77. The Morgan fingerprint density at radius 1 is 1.16 bits per heavy atom. The second-order valence-corrected chi connectivity index (χ2v) is 5.92. The second-order valence-electron chi connectivity index (χ2n) is 5.92. The molecule has 0 spiro atoms. The molecule has 2 N–H and O–H groups in total. The molecule has 1 saturated carbocycles. The Hall–Kier alpha value is -0.120. The minimum absolute atomic E-state index is 0.349. The summed E-state index contributed by atoms with van der Waals surface area (Å²) in [7, 11) is 0. The van der Waals surface area contributed by atoms with Crippen LogP contribution in [0.15, 0.2) is 0 Å². The zero-order valence-corrected chi connectivity index (χ0v) is 12.9. The summed E-state index contributed by atoms with van der Waals surface area (Å²) in [4.78, 5) is 0. The largest absolute Gasteiger partial charge is 0.389 e. The standard InChI is InChI=1S/C16H33NO2/c1-3-5-6-7-8-9-10-19-13-15(18)12-17-16-11-14(16)4-2/h14-18H,3-13H2,1-2H3. The van der Waals surface area contributed by atoms with Crippen LogP contribution in [0.3, 0.4) is 0 Å². The summed E-state index contributed by atoms with van der Waals surface area (Å²) in [6, 6.07) is 0.651. The van der Waals surface area contributed by atoms with Crippen LogP contribution in [-0.2, 0) is 4.74 Å². The average molecular weight is 271 g/mol. The van der Waals surface area contributed by atoms with E-state index in [9.17, 15) is 5.11 Å². The van der Waals surface area contributed by atoms with Crippen LogP contribution in [0.5, 0.6) is 0 Å². The first-order valence-electron chi connectivity index (χ1n) is 8.27. The third-order valence-corrected chi connectivity index (χ3v) is 4.02. The van der Waals surface area contributed by atoms with E-state index < -0.39 is 0 Å². The van der Waals surface area contributed by atoms with E-state index in [1.165, 1.54) is 44.9 Å². The summed E-state index contributed by atoms with van der Waals surface area (Å²) in [5.41, 5.74) is 0. The molecule has 0 radical (unpaired) electrons. The highest BCUT2D eigenvalue weighted by molar-refractivity contribution is 4.92. The van der Waals surface area contributed by atoms with Gasteiger partial charge in [0, 0.05) is 19.2 Å². The molecule has 3 nitrogen and oxygen atoms in total. The predicted octanol–water partition coefficient (Wildman–Crippen LogP) is 3.11. The summed E-state index contributed by atoms with van der Waals surface area (Å²) < 4.78 is 5.52. The van der Waals surface area contributed by atoms with E-state index in [-0.39, 0.29) is 6.10 Å². The van der Waals surface area contributed by atoms with Gasteiger partial charge in [-0.25, -0.2) is 0 Å². The van der Waals surface area contributed by atoms with E-state index in [0.29, 0.717) is 19.2 Å². The van der Waals surface area contributed by atoms with Crippen LogP contribution in [-0.4, -0.2) is 37.0 Å². The molecule has 0 saturated heterocycles. The monoisotopic (exact) mass is 271 g/mol. The summed E-state index contributed by atoms with van der Waals surface area (Å²) in [6.45, 7) is 6.42. The van der Waals surface area contributed by atoms with Gasteiger partial charge in [-0.15, -0.1) is 0 Å². The quantitative estimate of drug-likeness (QED) is 0.506. The van der Waals surface area contributed by atoms with Gasteiger partial charge in [-0.1, -0.05) is 52.4 Å². The molecule has 0 aromatic carbocycles. The van der Waals surface area contributed by atoms with E-state index in [4.69, 9.17) is 4.74 Å². The fraction of sp³-hybridized carbons (Fsp3) is 1.00. The van der Waals surface area contributed by atoms with Gasteiger partial charge in [0.25, 0.3) is 0 Å². The van der Waals surface area contributed by atoms with E-state index in [0.717, 1.165) is 18.9 Å². The van der Waals surface area contributed by atoms with Crippen molar-refractivity contribution in [2.75, 3.05) is 19.8 Å². The molecule has 1 fully saturated rings. The van der Waals surface area contributed by atoms with Gasteiger partial charge in [-0.2, -0.15) is 0 Å². The van der Waals surface area contributed by atoms with Crippen molar-refractivity contribution in [1.82, 2.24) is 5.32 Å². The van der Waals surface area contributed by atoms with Crippen molar-refractivity contribution in [2.45, 2.75) is 77.4 Å². The summed E-state index contributed by atoms with van der Waals surface area (Å²) in [5.74, 6) is 0.844. The second kappa shape index (κ2) is 10.6. The fourth-order valence-corrected chi connectivity index (χ4v) is 2.50. The number of aliphatic hydroxyl groups is 1. The highest BCUT2D eigenvalue weighted by Gasteiger charge is 2.34. The van der Waals surface area contributed by atoms with E-state index >= 15 is 0 Å². The maximum absolute atomic E-state index is 9.77. The summed E-state index contributed by atoms with van der Waals surface area (Å²) in [5, 5.41) is 13.2. The number of rotatable bonds is 13. The van der Waals surface area contributed by atoms with Gasteiger partial charge in [-0.05, 0) is 18.8 Å². The van der Waals surface area contributed by atoms with Crippen LogP contribution in [0, 0.1) is 5.92 Å². The van der Waals surface area contributed by atoms with Crippen LogP contribution < -0.4 is 5.32 Å². The lowest BCUT2D eigenvalue weighted by Crippen LogP contribution is -2.32. The number of ether oxygens (including phenoxy) is 1. The summed E-state index contributed by atoms with van der Waals surface area (Å²) in [6.07, 6.45) is 9.90. The topological polar surface area (TPSA) is 41.5 Å². The molecule has 3 atom stereocenters. The molecule has 0 heterocycles. The molecule has 0 aromatic heterocycles. The van der Waals surface area contributed by atoms with E-state index in [2.05, 4.69) is 19.2 Å². The first kappa shape index (κ1) is 16.9. The highest BCUT2D eigenvalue weighted by Crippen LogP contribution is 2.32. The Morgan fingerprint density at radius 3 is 2.58 bits per heavy atom. The fourth-order valence-electron chi connectivity index (χ4n) is 2.50. The van der Waals surface area contributed by atoms with Gasteiger partial charge in [-0.3, -0.25) is 0 Å². The number of hydrogen-bond acceptors (Lipinski definition) is 3. The van der Waals surface area contributed by atoms with Gasteiger partial charge >= 0.3 is 0 Å². The van der Waals surface area contributed by atoms with Crippen LogP contribution in [0.1, 0.15) is 65.2 Å². The molecule has 114 valence electrons. The number of aliphatic hydroxyl groups excluding tert-OH is 1. The van der Waals surface area contributed by atoms with Gasteiger partial charge < -0.3 is 15.2 Å². The first-order chi connectivity index (χ1) is 9.27. The Kier molecular flexibility index (Phi) is 9.48. The lowest BCUT2D eigenvalue weighted by atomic mass is 10.1. The van der Waals surface area contributed by atoms with Crippen molar-refractivity contribution < 1.29 is 9.84 Å². The number of hydrogen-bond donors (Lipinski definition) is 2. The molecule has 1 aliphatic carbocycles. The molecule has 0 amide bonds. The van der Waals surface area contributed by atoms with E-state index in [1.54, 1.807) is 0 Å². The zero-order valence-electron chi connectivity index (χ0n) is 12.9. The SMILES string of the molecule is CCCCCCCCOCC(O)CNC1CC1CC. The van der Waals surface area contributed by atoms with Gasteiger partial charge in [0.05, 0.1) is 12.7 Å². The molecule has 3 heteroatoms. The molecule has 19 heavy (non-hydrogen) atoms. The van der Waals surface area contributed by atoms with Crippen LogP contribution in [0.4, 0.5) is 0 Å². The average Bonchev–Trinajstić information content (AvgIpc) is 3.18. The van der Waals surface area contributed by atoms with Crippen molar-refractivity contribution in [3.63, 3.8) is 0 Å². The summed E-state index contributed by atoms with van der Waals surface area (Å²) >= 11 is 0. The van der Waals surface area contributed by atoms with Crippen molar-refractivity contribution >= 4 is 0 Å². The first-order valence-corrected chi connectivity index (χ1v) is 8.27. The number of nitrogens with one attached hydrogen (secondary N) is 1. The van der Waals surface area contributed by atoms with Crippen LogP contribution in [0.2, 0.25) is 0 Å². The minimum Gasteiger partial charge on any atom is -0.389 e. The molecule has 1 rings (SSSR count).